The van der Waals surface area contributed by atoms with E-state index in [-0.39, 0.29) is 6.10 Å². The van der Waals surface area contributed by atoms with Crippen molar-refractivity contribution in [2.24, 2.45) is 0 Å². The normalized spacial score (nSPS) is 16.3. The molecule has 0 saturated carbocycles. The Labute approximate surface area is 169 Å². The molecular formula is C20H21N5O3S. The van der Waals surface area contributed by atoms with Crippen LogP contribution in [0.3, 0.4) is 0 Å². The van der Waals surface area contributed by atoms with E-state index in [0.717, 1.165) is 5.56 Å². The van der Waals surface area contributed by atoms with Crippen molar-refractivity contribution in [3.05, 3.63) is 71.9 Å². The second-order valence-electron chi connectivity index (χ2n) is 6.66. The summed E-state index contributed by atoms with van der Waals surface area (Å²) < 4.78 is 34.1. The lowest BCUT2D eigenvalue weighted by Crippen LogP contribution is -2.41. The first-order chi connectivity index (χ1) is 14.1. The highest BCUT2D eigenvalue weighted by Gasteiger charge is 2.27. The zero-order chi connectivity index (χ0) is 20.1. The number of hydrogen-bond donors (Lipinski definition) is 0. The molecule has 1 aliphatic heterocycles. The monoisotopic (exact) mass is 411 g/mol. The summed E-state index contributed by atoms with van der Waals surface area (Å²) in [6, 6.07) is 14.7. The Bertz CT molecular complexity index is 1040. The van der Waals surface area contributed by atoms with Crippen molar-refractivity contribution in [3.63, 3.8) is 0 Å². The van der Waals surface area contributed by atoms with Gasteiger partial charge >= 0.3 is 0 Å². The van der Waals surface area contributed by atoms with Gasteiger partial charge in [-0.05, 0) is 36.6 Å². The van der Waals surface area contributed by atoms with Gasteiger partial charge in [0.15, 0.2) is 5.82 Å². The van der Waals surface area contributed by atoms with Gasteiger partial charge in [-0.1, -0.05) is 30.3 Å². The number of benzene rings is 1. The third-order valence-electron chi connectivity index (χ3n) is 4.65. The van der Waals surface area contributed by atoms with Gasteiger partial charge in [-0.15, -0.1) is 10.2 Å². The van der Waals surface area contributed by atoms with Crippen LogP contribution in [-0.2, 0) is 10.0 Å². The minimum atomic E-state index is -3.45. The molecule has 0 bridgehead atoms. The molecule has 0 aliphatic carbocycles. The summed E-state index contributed by atoms with van der Waals surface area (Å²) in [6.07, 6.45) is 6.18. The standard InChI is InChI=1S/C20H21N5O3S/c26-29(27,16-11-17-5-2-1-3-6-17)24-14-9-18(10-15-24)28-20-8-7-19(22-23-20)25-13-4-12-21-25/h1-8,11-13,16,18H,9-10,14-15H2/b16-11+. The second-order valence-corrected chi connectivity index (χ2v) is 8.47. The molecule has 2 aromatic heterocycles. The molecule has 1 aliphatic rings. The minimum absolute atomic E-state index is 0.0931. The summed E-state index contributed by atoms with van der Waals surface area (Å²) >= 11 is 0. The van der Waals surface area contributed by atoms with E-state index >= 15 is 0 Å². The smallest absolute Gasteiger partial charge is 0.236 e. The van der Waals surface area contributed by atoms with Crippen molar-refractivity contribution in [3.8, 4) is 11.7 Å². The van der Waals surface area contributed by atoms with Crippen molar-refractivity contribution in [1.82, 2.24) is 24.3 Å². The predicted octanol–water partition coefficient (Wildman–Crippen LogP) is 2.51. The van der Waals surface area contributed by atoms with E-state index in [1.165, 1.54) is 9.71 Å². The van der Waals surface area contributed by atoms with E-state index in [1.54, 1.807) is 35.3 Å². The number of sulfonamides is 1. The first kappa shape index (κ1) is 19.3. The highest BCUT2D eigenvalue weighted by atomic mass is 32.2. The number of nitrogens with zero attached hydrogens (tertiary/aromatic N) is 5. The maximum atomic E-state index is 12.5. The molecule has 0 spiro atoms. The lowest BCUT2D eigenvalue weighted by molar-refractivity contribution is 0.129. The SMILES string of the molecule is O=S(=O)(/C=C/c1ccccc1)N1CCC(Oc2ccc(-n3cccn3)nn2)CC1. The minimum Gasteiger partial charge on any atom is -0.473 e. The Morgan fingerprint density at radius 1 is 1.00 bits per heavy atom. The average Bonchev–Trinajstić information content (AvgIpc) is 3.29. The maximum absolute atomic E-state index is 12.5. The van der Waals surface area contributed by atoms with Crippen LogP contribution in [0.1, 0.15) is 18.4 Å². The average molecular weight is 411 g/mol. The van der Waals surface area contributed by atoms with E-state index in [9.17, 15) is 8.42 Å². The Morgan fingerprint density at radius 3 is 2.45 bits per heavy atom. The highest BCUT2D eigenvalue weighted by Crippen LogP contribution is 2.20. The van der Waals surface area contributed by atoms with Crippen molar-refractivity contribution in [2.75, 3.05) is 13.1 Å². The molecule has 3 heterocycles. The summed E-state index contributed by atoms with van der Waals surface area (Å²) in [7, 11) is -3.45. The van der Waals surface area contributed by atoms with Crippen molar-refractivity contribution in [1.29, 1.82) is 0 Å². The number of ether oxygens (including phenoxy) is 1. The summed E-state index contributed by atoms with van der Waals surface area (Å²) in [4.78, 5) is 0. The van der Waals surface area contributed by atoms with Gasteiger partial charge in [0.25, 0.3) is 0 Å². The van der Waals surface area contributed by atoms with Crippen molar-refractivity contribution in [2.45, 2.75) is 18.9 Å². The Kier molecular flexibility index (Phi) is 5.68. The maximum Gasteiger partial charge on any atom is 0.236 e. The zero-order valence-electron chi connectivity index (χ0n) is 15.7. The third-order valence-corrected chi connectivity index (χ3v) is 6.21. The van der Waals surface area contributed by atoms with Crippen LogP contribution in [0.4, 0.5) is 0 Å². The Hall–Kier alpha value is -3.04. The van der Waals surface area contributed by atoms with Crippen molar-refractivity contribution < 1.29 is 13.2 Å². The summed E-state index contributed by atoms with van der Waals surface area (Å²) in [5.74, 6) is 1.03. The quantitative estimate of drug-likeness (QED) is 0.619. The molecule has 29 heavy (non-hydrogen) atoms. The molecule has 0 N–H and O–H groups in total. The highest BCUT2D eigenvalue weighted by molar-refractivity contribution is 7.92. The van der Waals surface area contributed by atoms with Crippen LogP contribution in [0, 0.1) is 0 Å². The molecule has 1 fully saturated rings. The van der Waals surface area contributed by atoms with E-state index in [1.807, 2.05) is 36.4 Å². The van der Waals surface area contributed by atoms with Crippen molar-refractivity contribution >= 4 is 16.1 Å². The molecule has 4 rings (SSSR count). The number of piperidine rings is 1. The van der Waals surface area contributed by atoms with E-state index in [0.29, 0.717) is 37.6 Å². The Balaban J connectivity index is 1.31. The first-order valence-electron chi connectivity index (χ1n) is 9.34. The van der Waals surface area contributed by atoms with Gasteiger partial charge in [0.2, 0.25) is 15.9 Å². The molecule has 1 saturated heterocycles. The largest absolute Gasteiger partial charge is 0.473 e. The molecule has 0 radical (unpaired) electrons. The van der Waals surface area contributed by atoms with Crippen LogP contribution >= 0.6 is 0 Å². The van der Waals surface area contributed by atoms with Crippen LogP contribution < -0.4 is 4.74 Å². The van der Waals surface area contributed by atoms with Crippen LogP contribution in [0.2, 0.25) is 0 Å². The molecule has 0 atom stereocenters. The fraction of sp³-hybridized carbons (Fsp3) is 0.250. The van der Waals surface area contributed by atoms with E-state index in [2.05, 4.69) is 15.3 Å². The van der Waals surface area contributed by atoms with Crippen LogP contribution in [0.5, 0.6) is 5.88 Å². The van der Waals surface area contributed by atoms with Gasteiger partial charge in [0.1, 0.15) is 6.10 Å². The molecule has 150 valence electrons. The van der Waals surface area contributed by atoms with Crippen LogP contribution in [0.25, 0.3) is 11.9 Å². The molecular weight excluding hydrogens is 390 g/mol. The Morgan fingerprint density at radius 2 is 1.79 bits per heavy atom. The fourth-order valence-corrected chi connectivity index (χ4v) is 4.31. The summed E-state index contributed by atoms with van der Waals surface area (Å²) in [6.45, 7) is 0.815. The summed E-state index contributed by atoms with van der Waals surface area (Å²) in [5, 5.41) is 13.6. The fourth-order valence-electron chi connectivity index (χ4n) is 3.09. The number of rotatable bonds is 6. The first-order valence-corrected chi connectivity index (χ1v) is 10.8. The van der Waals surface area contributed by atoms with Gasteiger partial charge in [0.05, 0.1) is 0 Å². The predicted molar refractivity (Wildman–Crippen MR) is 109 cm³/mol. The van der Waals surface area contributed by atoms with Crippen LogP contribution in [-0.4, -0.2) is 51.9 Å². The third kappa shape index (κ3) is 4.87. The zero-order valence-corrected chi connectivity index (χ0v) is 16.5. The lowest BCUT2D eigenvalue weighted by Gasteiger charge is -2.30. The molecule has 0 amide bonds. The summed E-state index contributed by atoms with van der Waals surface area (Å²) in [5.41, 5.74) is 0.853. The van der Waals surface area contributed by atoms with Crippen LogP contribution in [0.15, 0.2) is 66.3 Å². The molecule has 9 heteroatoms. The van der Waals surface area contributed by atoms with Gasteiger partial charge in [-0.25, -0.2) is 13.1 Å². The molecule has 8 nitrogen and oxygen atoms in total. The van der Waals surface area contributed by atoms with Gasteiger partial charge in [-0.3, -0.25) is 0 Å². The molecule has 1 aromatic carbocycles. The van der Waals surface area contributed by atoms with Gasteiger partial charge in [0, 0.05) is 37.0 Å². The second kappa shape index (κ2) is 8.54. The lowest BCUT2D eigenvalue weighted by atomic mass is 10.1. The van der Waals surface area contributed by atoms with E-state index < -0.39 is 10.0 Å². The van der Waals surface area contributed by atoms with Gasteiger partial charge < -0.3 is 4.74 Å². The number of aromatic nitrogens is 4. The van der Waals surface area contributed by atoms with E-state index in [4.69, 9.17) is 4.74 Å². The topological polar surface area (TPSA) is 90.2 Å². The molecule has 0 unspecified atom stereocenters. The molecule has 3 aromatic rings. The van der Waals surface area contributed by atoms with Gasteiger partial charge in [-0.2, -0.15) is 9.40 Å². The number of hydrogen-bond acceptors (Lipinski definition) is 6.